The fourth-order valence-corrected chi connectivity index (χ4v) is 0.491. The van der Waals surface area contributed by atoms with Crippen LogP contribution in [-0.4, -0.2) is 12.6 Å². The molecular formula is C6H6O3. The Morgan fingerprint density at radius 2 is 1.78 bits per heavy atom. The van der Waals surface area contributed by atoms with Crippen LogP contribution in [0.1, 0.15) is 0 Å². The maximum absolute atomic E-state index is 9.97. The molecule has 48 valence electrons. The molecule has 0 N–H and O–H groups in total. The predicted octanol–water partition coefficient (Wildman–Crippen LogP) is 0.586. The molecule has 0 spiro atoms. The van der Waals surface area contributed by atoms with E-state index >= 15 is 0 Å². The Hall–Kier alpha value is -1.25. The molecule has 1 aliphatic heterocycles. The largest absolute Gasteiger partial charge is 0.445 e. The highest BCUT2D eigenvalue weighted by Crippen LogP contribution is 2.20. The third-order valence-corrected chi connectivity index (χ3v) is 0.939. The molecule has 0 aromatic rings. The van der Waals surface area contributed by atoms with E-state index in [1.54, 1.807) is 0 Å². The van der Waals surface area contributed by atoms with E-state index in [2.05, 4.69) is 13.2 Å². The summed E-state index contributed by atoms with van der Waals surface area (Å²) in [5, 5.41) is 0. The zero-order valence-corrected chi connectivity index (χ0v) is 4.79. The molecule has 3 heteroatoms. The van der Waals surface area contributed by atoms with Gasteiger partial charge in [0.15, 0.2) is 11.5 Å². The molecule has 1 aliphatic rings. The summed E-state index contributed by atoms with van der Waals surface area (Å²) in [5.41, 5.74) is 0. The number of hydrogen-bond acceptors (Lipinski definition) is 3. The molecule has 3 nitrogen and oxygen atoms in total. The van der Waals surface area contributed by atoms with Gasteiger partial charge in [-0.25, -0.2) is 0 Å². The molecule has 1 fully saturated rings. The van der Waals surface area contributed by atoms with Crippen molar-refractivity contribution in [2.75, 3.05) is 0 Å². The van der Waals surface area contributed by atoms with Crippen LogP contribution in [0.2, 0.25) is 0 Å². The molecule has 0 atom stereocenters. The highest BCUT2D eigenvalue weighted by molar-refractivity contribution is 5.55. The zero-order valence-electron chi connectivity index (χ0n) is 4.79. The summed E-state index contributed by atoms with van der Waals surface area (Å²) in [6.07, 6.45) is -0.284. The van der Waals surface area contributed by atoms with Crippen molar-refractivity contribution in [1.29, 1.82) is 0 Å². The van der Waals surface area contributed by atoms with Crippen molar-refractivity contribution < 1.29 is 14.3 Å². The van der Waals surface area contributed by atoms with Crippen LogP contribution in [-0.2, 0) is 14.3 Å². The second-order valence-corrected chi connectivity index (χ2v) is 1.59. The molecular weight excluding hydrogens is 120 g/mol. The lowest BCUT2D eigenvalue weighted by Crippen LogP contribution is -2.06. The minimum absolute atomic E-state index is 0.326. The van der Waals surface area contributed by atoms with Gasteiger partial charge in [-0.05, 0) is 0 Å². The standard InChI is InChI=1S/C6H6O3/c1-4-5(2)9-6(3-7)8-4/h3,6H,1-2H2. The smallest absolute Gasteiger partial charge is 0.297 e. The molecule has 1 saturated heterocycles. The molecule has 0 amide bonds. The van der Waals surface area contributed by atoms with E-state index in [1.165, 1.54) is 0 Å². The van der Waals surface area contributed by atoms with Crippen LogP contribution < -0.4 is 0 Å². The van der Waals surface area contributed by atoms with Crippen LogP contribution in [0, 0.1) is 0 Å². The predicted molar refractivity (Wildman–Crippen MR) is 30.3 cm³/mol. The summed E-state index contributed by atoms with van der Waals surface area (Å²) in [4.78, 5) is 9.97. The SMILES string of the molecule is C=C1OC(C=O)OC1=C. The lowest BCUT2D eigenvalue weighted by atomic mass is 10.5. The molecule has 0 aliphatic carbocycles. The summed E-state index contributed by atoms with van der Waals surface area (Å²) in [6.45, 7) is 6.86. The lowest BCUT2D eigenvalue weighted by molar-refractivity contribution is -0.127. The Morgan fingerprint density at radius 1 is 1.33 bits per heavy atom. The van der Waals surface area contributed by atoms with Crippen LogP contribution >= 0.6 is 0 Å². The molecule has 0 unspecified atom stereocenters. The molecule has 0 radical (unpaired) electrons. The van der Waals surface area contributed by atoms with Crippen LogP contribution in [0.4, 0.5) is 0 Å². The van der Waals surface area contributed by atoms with Gasteiger partial charge in [0.05, 0.1) is 0 Å². The van der Waals surface area contributed by atoms with E-state index in [1.807, 2.05) is 0 Å². The number of aldehydes is 1. The summed E-state index contributed by atoms with van der Waals surface area (Å²) in [5.74, 6) is 0.652. The van der Waals surface area contributed by atoms with E-state index in [4.69, 9.17) is 9.47 Å². The van der Waals surface area contributed by atoms with Crippen molar-refractivity contribution >= 4 is 6.29 Å². The van der Waals surface area contributed by atoms with E-state index < -0.39 is 6.29 Å². The van der Waals surface area contributed by atoms with Gasteiger partial charge in [-0.15, -0.1) is 0 Å². The number of ether oxygens (including phenoxy) is 2. The van der Waals surface area contributed by atoms with Gasteiger partial charge in [-0.2, -0.15) is 0 Å². The third-order valence-electron chi connectivity index (χ3n) is 0.939. The molecule has 0 aromatic heterocycles. The van der Waals surface area contributed by atoms with Gasteiger partial charge in [0.2, 0.25) is 6.29 Å². The average Bonchev–Trinajstić information content (AvgIpc) is 2.13. The van der Waals surface area contributed by atoms with Crippen LogP contribution in [0.5, 0.6) is 0 Å². The zero-order chi connectivity index (χ0) is 6.85. The van der Waals surface area contributed by atoms with Gasteiger partial charge in [-0.3, -0.25) is 4.79 Å². The van der Waals surface area contributed by atoms with Gasteiger partial charge in [-0.1, -0.05) is 13.2 Å². The third kappa shape index (κ3) is 0.937. The minimum atomic E-state index is -0.829. The topological polar surface area (TPSA) is 35.5 Å². The van der Waals surface area contributed by atoms with Crippen molar-refractivity contribution in [2.45, 2.75) is 6.29 Å². The second-order valence-electron chi connectivity index (χ2n) is 1.59. The van der Waals surface area contributed by atoms with Gasteiger partial charge in [0.25, 0.3) is 6.29 Å². The highest BCUT2D eigenvalue weighted by atomic mass is 16.7. The molecule has 0 bridgehead atoms. The quantitative estimate of drug-likeness (QED) is 0.482. The van der Waals surface area contributed by atoms with Crippen molar-refractivity contribution in [3.8, 4) is 0 Å². The van der Waals surface area contributed by atoms with E-state index in [0.29, 0.717) is 17.8 Å². The van der Waals surface area contributed by atoms with Crippen molar-refractivity contribution in [3.63, 3.8) is 0 Å². The first-order valence-electron chi connectivity index (χ1n) is 2.41. The summed E-state index contributed by atoms with van der Waals surface area (Å²) < 4.78 is 9.48. The number of carbonyl (C=O) groups excluding carboxylic acids is 1. The Kier molecular flexibility index (Phi) is 1.26. The number of rotatable bonds is 1. The van der Waals surface area contributed by atoms with Gasteiger partial charge in [0, 0.05) is 0 Å². The monoisotopic (exact) mass is 126 g/mol. The average molecular weight is 126 g/mol. The Bertz CT molecular complexity index is 155. The lowest BCUT2D eigenvalue weighted by Gasteiger charge is -1.96. The van der Waals surface area contributed by atoms with Crippen molar-refractivity contribution in [1.82, 2.24) is 0 Å². The van der Waals surface area contributed by atoms with Gasteiger partial charge in [0.1, 0.15) is 0 Å². The summed E-state index contributed by atoms with van der Waals surface area (Å²) >= 11 is 0. The van der Waals surface area contributed by atoms with E-state index in [9.17, 15) is 4.79 Å². The van der Waals surface area contributed by atoms with Crippen LogP contribution in [0.15, 0.2) is 24.7 Å². The van der Waals surface area contributed by atoms with E-state index in [0.717, 1.165) is 0 Å². The first-order chi connectivity index (χ1) is 4.24. The molecule has 9 heavy (non-hydrogen) atoms. The Balaban J connectivity index is 2.64. The van der Waals surface area contributed by atoms with Crippen molar-refractivity contribution in [2.24, 2.45) is 0 Å². The highest BCUT2D eigenvalue weighted by Gasteiger charge is 2.22. The van der Waals surface area contributed by atoms with Crippen molar-refractivity contribution in [3.05, 3.63) is 24.7 Å². The second kappa shape index (κ2) is 1.93. The minimum Gasteiger partial charge on any atom is -0.445 e. The summed E-state index contributed by atoms with van der Waals surface area (Å²) in [7, 11) is 0. The fraction of sp³-hybridized carbons (Fsp3) is 0.167. The Labute approximate surface area is 52.6 Å². The first-order valence-corrected chi connectivity index (χ1v) is 2.41. The molecule has 1 rings (SSSR count). The molecule has 0 saturated carbocycles. The summed E-state index contributed by atoms with van der Waals surface area (Å²) in [6, 6.07) is 0. The van der Waals surface area contributed by atoms with Crippen LogP contribution in [0.3, 0.4) is 0 Å². The first kappa shape index (κ1) is 5.88. The maximum atomic E-state index is 9.97. The molecule has 1 heterocycles. The van der Waals surface area contributed by atoms with Gasteiger partial charge < -0.3 is 9.47 Å². The molecule has 0 aromatic carbocycles. The Morgan fingerprint density at radius 3 is 2.00 bits per heavy atom. The van der Waals surface area contributed by atoms with E-state index in [-0.39, 0.29) is 0 Å². The number of carbonyl (C=O) groups is 1. The fourth-order valence-electron chi connectivity index (χ4n) is 0.491. The normalized spacial score (nSPS) is 19.1. The maximum Gasteiger partial charge on any atom is 0.297 e. The van der Waals surface area contributed by atoms with Crippen LogP contribution in [0.25, 0.3) is 0 Å². The van der Waals surface area contributed by atoms with Gasteiger partial charge >= 0.3 is 0 Å². The number of hydrogen-bond donors (Lipinski definition) is 0.